The van der Waals surface area contributed by atoms with E-state index >= 15 is 0 Å². The third kappa shape index (κ3) is 3.83. The smallest absolute Gasteiger partial charge is 0.274 e. The summed E-state index contributed by atoms with van der Waals surface area (Å²) in [5, 5.41) is 9.79. The van der Waals surface area contributed by atoms with Gasteiger partial charge in [0.1, 0.15) is 5.76 Å². The number of nitrogens with zero attached hydrogens (tertiary/aromatic N) is 2. The maximum Gasteiger partial charge on any atom is 0.274 e. The van der Waals surface area contributed by atoms with E-state index in [4.69, 9.17) is 4.42 Å². The molecule has 2 N–H and O–H groups in total. The van der Waals surface area contributed by atoms with Gasteiger partial charge in [-0.2, -0.15) is 5.10 Å². The van der Waals surface area contributed by atoms with Crippen LogP contribution in [0.1, 0.15) is 39.1 Å². The topological polar surface area (TPSA) is 89.2 Å². The number of rotatable bonds is 6. The van der Waals surface area contributed by atoms with E-state index in [-0.39, 0.29) is 24.1 Å². The van der Waals surface area contributed by atoms with Crippen molar-refractivity contribution in [1.82, 2.24) is 15.1 Å². The van der Waals surface area contributed by atoms with Gasteiger partial charge in [-0.25, -0.2) is 0 Å². The second kappa shape index (κ2) is 7.69. The fraction of sp³-hybridized carbons (Fsp3) is 0.211. The number of amides is 2. The minimum Gasteiger partial charge on any atom is -0.467 e. The van der Waals surface area contributed by atoms with Gasteiger partial charge in [0.25, 0.3) is 11.8 Å². The molecule has 0 atom stereocenters. The van der Waals surface area contributed by atoms with Gasteiger partial charge in [0, 0.05) is 18.3 Å². The molecule has 3 rings (SSSR count). The largest absolute Gasteiger partial charge is 0.467 e. The molecule has 0 aliphatic rings. The Morgan fingerprint density at radius 3 is 2.65 bits per heavy atom. The summed E-state index contributed by atoms with van der Waals surface area (Å²) in [6, 6.07) is 10.8. The minimum absolute atomic E-state index is 0.167. The third-order valence-electron chi connectivity index (χ3n) is 3.94. The molecule has 0 bridgehead atoms. The van der Waals surface area contributed by atoms with E-state index in [0.29, 0.717) is 23.6 Å². The van der Waals surface area contributed by atoms with Crippen LogP contribution in [0.4, 0.5) is 5.69 Å². The minimum atomic E-state index is -0.381. The van der Waals surface area contributed by atoms with Gasteiger partial charge < -0.3 is 15.1 Å². The highest BCUT2D eigenvalue weighted by atomic mass is 16.3. The number of furan rings is 1. The first-order valence-corrected chi connectivity index (χ1v) is 8.33. The predicted molar refractivity (Wildman–Crippen MR) is 96.9 cm³/mol. The molecular weight excluding hydrogens is 332 g/mol. The van der Waals surface area contributed by atoms with Gasteiger partial charge in [-0.1, -0.05) is 18.2 Å². The molecule has 0 fully saturated rings. The lowest BCUT2D eigenvalue weighted by molar-refractivity contribution is 0.0943. The zero-order valence-electron chi connectivity index (χ0n) is 14.7. The summed E-state index contributed by atoms with van der Waals surface area (Å²) in [4.78, 5) is 25.1. The van der Waals surface area contributed by atoms with Crippen molar-refractivity contribution in [1.29, 1.82) is 0 Å². The summed E-state index contributed by atoms with van der Waals surface area (Å²) in [5.74, 6) is -0.0220. The average molecular weight is 352 g/mol. The summed E-state index contributed by atoms with van der Waals surface area (Å²) < 4.78 is 6.81. The Bertz CT molecular complexity index is 913. The van der Waals surface area contributed by atoms with Crippen molar-refractivity contribution in [3.05, 3.63) is 71.4 Å². The highest BCUT2D eigenvalue weighted by Crippen LogP contribution is 2.17. The van der Waals surface area contributed by atoms with Crippen LogP contribution in [0.5, 0.6) is 0 Å². The number of hydrogen-bond donors (Lipinski definition) is 2. The quantitative estimate of drug-likeness (QED) is 0.714. The number of carbonyl (C=O) groups is 2. The molecule has 2 aromatic heterocycles. The zero-order valence-corrected chi connectivity index (χ0v) is 14.7. The molecule has 0 unspecified atom stereocenters. The molecule has 134 valence electrons. The molecular formula is C19H20N4O3. The van der Waals surface area contributed by atoms with Crippen LogP contribution < -0.4 is 10.6 Å². The monoisotopic (exact) mass is 352 g/mol. The Balaban J connectivity index is 1.78. The summed E-state index contributed by atoms with van der Waals surface area (Å²) in [7, 11) is 0. The molecule has 0 saturated carbocycles. The predicted octanol–water partition coefficient (Wildman–Crippen LogP) is 2.99. The lowest BCUT2D eigenvalue weighted by atomic mass is 10.1. The van der Waals surface area contributed by atoms with E-state index < -0.39 is 0 Å². The average Bonchev–Trinajstić information content (AvgIpc) is 3.29. The van der Waals surface area contributed by atoms with Gasteiger partial charge >= 0.3 is 0 Å². The molecule has 2 heterocycles. The van der Waals surface area contributed by atoms with Gasteiger partial charge in [-0.15, -0.1) is 0 Å². The first-order valence-electron chi connectivity index (χ1n) is 8.33. The van der Waals surface area contributed by atoms with Gasteiger partial charge in [-0.05, 0) is 37.6 Å². The van der Waals surface area contributed by atoms with E-state index in [1.165, 1.54) is 0 Å². The van der Waals surface area contributed by atoms with Gasteiger partial charge in [0.2, 0.25) is 0 Å². The maximum absolute atomic E-state index is 12.6. The first kappa shape index (κ1) is 17.5. The molecule has 0 aliphatic heterocycles. The number of aryl methyl sites for hydroxylation is 2. The van der Waals surface area contributed by atoms with Crippen LogP contribution in [-0.2, 0) is 13.1 Å². The summed E-state index contributed by atoms with van der Waals surface area (Å²) in [6.07, 6.45) is 3.19. The third-order valence-corrected chi connectivity index (χ3v) is 3.94. The number of nitrogens with one attached hydrogen (secondary N) is 2. The van der Waals surface area contributed by atoms with Crippen molar-refractivity contribution < 1.29 is 14.0 Å². The van der Waals surface area contributed by atoms with E-state index in [1.54, 1.807) is 41.4 Å². The lowest BCUT2D eigenvalue weighted by Gasteiger charge is -2.07. The first-order chi connectivity index (χ1) is 12.6. The van der Waals surface area contributed by atoms with Crippen LogP contribution in [-0.4, -0.2) is 21.6 Å². The number of hydrogen-bond acceptors (Lipinski definition) is 4. The van der Waals surface area contributed by atoms with Gasteiger partial charge in [0.15, 0.2) is 5.69 Å². The van der Waals surface area contributed by atoms with Crippen LogP contribution in [0.3, 0.4) is 0 Å². The SMILES string of the molecule is CCn1cc(NC(=O)c2ccccc2C)c(C(=O)NCc2ccco2)n1. The van der Waals surface area contributed by atoms with Crippen molar-refractivity contribution in [2.45, 2.75) is 26.9 Å². The molecule has 26 heavy (non-hydrogen) atoms. The van der Waals surface area contributed by atoms with Crippen LogP contribution in [0.2, 0.25) is 0 Å². The fourth-order valence-corrected chi connectivity index (χ4v) is 2.52. The van der Waals surface area contributed by atoms with Crippen molar-refractivity contribution >= 4 is 17.5 Å². The molecule has 0 spiro atoms. The van der Waals surface area contributed by atoms with E-state index in [9.17, 15) is 9.59 Å². The lowest BCUT2D eigenvalue weighted by Crippen LogP contribution is -2.25. The molecule has 7 heteroatoms. The number of benzene rings is 1. The summed E-state index contributed by atoms with van der Waals surface area (Å²) in [6.45, 7) is 4.60. The molecule has 0 saturated heterocycles. The van der Waals surface area contributed by atoms with Gasteiger partial charge in [0.05, 0.1) is 18.5 Å². The number of aromatic nitrogens is 2. The van der Waals surface area contributed by atoms with Crippen LogP contribution in [0, 0.1) is 6.92 Å². The van der Waals surface area contributed by atoms with Crippen molar-refractivity contribution in [3.8, 4) is 0 Å². The fourth-order valence-electron chi connectivity index (χ4n) is 2.52. The van der Waals surface area contributed by atoms with Crippen molar-refractivity contribution in [2.24, 2.45) is 0 Å². The van der Waals surface area contributed by atoms with Crippen LogP contribution in [0.15, 0.2) is 53.3 Å². The Kier molecular flexibility index (Phi) is 5.17. The van der Waals surface area contributed by atoms with Crippen molar-refractivity contribution in [2.75, 3.05) is 5.32 Å². The second-order valence-corrected chi connectivity index (χ2v) is 5.78. The Morgan fingerprint density at radius 2 is 1.96 bits per heavy atom. The van der Waals surface area contributed by atoms with E-state index in [0.717, 1.165) is 5.56 Å². The molecule has 0 radical (unpaired) electrons. The molecule has 2 amide bonds. The highest BCUT2D eigenvalue weighted by Gasteiger charge is 2.19. The highest BCUT2D eigenvalue weighted by molar-refractivity contribution is 6.08. The van der Waals surface area contributed by atoms with Crippen LogP contribution in [0.25, 0.3) is 0 Å². The molecule has 3 aromatic rings. The Labute approximate surface area is 151 Å². The summed E-state index contributed by atoms with van der Waals surface area (Å²) >= 11 is 0. The van der Waals surface area contributed by atoms with E-state index in [2.05, 4.69) is 15.7 Å². The number of anilines is 1. The Morgan fingerprint density at radius 1 is 1.15 bits per heavy atom. The summed E-state index contributed by atoms with van der Waals surface area (Å²) in [5.41, 5.74) is 1.95. The van der Waals surface area contributed by atoms with E-state index in [1.807, 2.05) is 26.0 Å². The standard InChI is InChI=1S/C19H20N4O3/c1-3-23-12-16(21-18(24)15-9-5-4-7-13(15)2)17(22-23)19(25)20-11-14-8-6-10-26-14/h4-10,12H,3,11H2,1-2H3,(H,20,25)(H,21,24). The van der Waals surface area contributed by atoms with Crippen molar-refractivity contribution in [3.63, 3.8) is 0 Å². The molecule has 1 aromatic carbocycles. The second-order valence-electron chi connectivity index (χ2n) is 5.78. The normalized spacial score (nSPS) is 10.5. The van der Waals surface area contributed by atoms with Gasteiger partial charge in [-0.3, -0.25) is 14.3 Å². The molecule has 0 aliphatic carbocycles. The zero-order chi connectivity index (χ0) is 18.5. The maximum atomic E-state index is 12.6. The van der Waals surface area contributed by atoms with Crippen LogP contribution >= 0.6 is 0 Å². The Hall–Kier alpha value is -3.35. The molecule has 7 nitrogen and oxygen atoms in total. The number of carbonyl (C=O) groups excluding carboxylic acids is 2.